The first-order chi connectivity index (χ1) is 22.9. The normalized spacial score (nSPS) is 54.4. The molecule has 6 aliphatic heterocycles. The van der Waals surface area contributed by atoms with E-state index in [-0.39, 0.29) is 19.6 Å². The van der Waals surface area contributed by atoms with Crippen molar-refractivity contribution in [2.24, 2.45) is 5.73 Å². The fraction of sp³-hybridized carbons (Fsp3) is 1.00. The Morgan fingerprint density at radius 2 is 1.29 bits per heavy atom. The zero-order chi connectivity index (χ0) is 34.7. The predicted molar refractivity (Wildman–Crippen MR) is 149 cm³/mol. The second-order valence-corrected chi connectivity index (χ2v) is 13.1. The number of rotatable bonds is 11. The first kappa shape index (κ1) is 37.0. The summed E-state index contributed by atoms with van der Waals surface area (Å²) in [6.45, 7) is 0.163. The Hall–Kier alpha value is -0.800. The Morgan fingerprint density at radius 1 is 0.688 bits per heavy atom. The van der Waals surface area contributed by atoms with Gasteiger partial charge < -0.3 is 99.4 Å². The lowest BCUT2D eigenvalue weighted by atomic mass is 9.86. The molecule has 0 aromatic carbocycles. The minimum atomic E-state index is -2.17. The first-order valence-electron chi connectivity index (χ1n) is 16.1. The van der Waals surface area contributed by atoms with Gasteiger partial charge in [0.25, 0.3) is 0 Å². The lowest BCUT2D eigenvalue weighted by molar-refractivity contribution is -0.404. The van der Waals surface area contributed by atoms with Gasteiger partial charge in [-0.15, -0.1) is 0 Å². The lowest BCUT2D eigenvalue weighted by Gasteiger charge is -2.53. The Balaban J connectivity index is 1.17. The highest BCUT2D eigenvalue weighted by atomic mass is 16.8. The van der Waals surface area contributed by atoms with Crippen LogP contribution in [0.15, 0.2) is 0 Å². The summed E-state index contributed by atoms with van der Waals surface area (Å²) in [6.07, 6.45) is -26.4. The standard InChI is InChI=1S/C28H47NO19/c1-2-3-12(29)28(24(38)15(34)13(32)9(5-31)47-28)48-20-11-7-41-23(20)18(37)27(44-11)46-21-14(33)8(4-30)43-26(17(21)36)45-19-10-6-40-22(19)16(35)25(39)42-10/h8-27,30-39H,2-7,29H2,1H3/t8-,9-,10+,11+,12?,13+,14-,15+,16+,17-,18+,19+,20+,21+,22+,23+,24-,25-,26+,27+,28+/m1/s1. The molecule has 21 atom stereocenters. The summed E-state index contributed by atoms with van der Waals surface area (Å²) in [5.41, 5.74) is 6.40. The van der Waals surface area contributed by atoms with Crippen LogP contribution in [0.1, 0.15) is 19.8 Å². The molecule has 6 heterocycles. The van der Waals surface area contributed by atoms with Crippen molar-refractivity contribution in [2.75, 3.05) is 26.4 Å². The fourth-order valence-electron chi connectivity index (χ4n) is 7.30. The van der Waals surface area contributed by atoms with Gasteiger partial charge in [-0.25, -0.2) is 0 Å². The maximum Gasteiger partial charge on any atom is 0.213 e. The van der Waals surface area contributed by atoms with Crippen molar-refractivity contribution < 1.29 is 93.7 Å². The summed E-state index contributed by atoms with van der Waals surface area (Å²) in [7, 11) is 0. The Morgan fingerprint density at radius 3 is 1.94 bits per heavy atom. The highest BCUT2D eigenvalue weighted by Gasteiger charge is 2.63. The van der Waals surface area contributed by atoms with E-state index < -0.39 is 142 Å². The average molecular weight is 702 g/mol. The van der Waals surface area contributed by atoms with Crippen LogP contribution in [0.3, 0.4) is 0 Å². The Labute approximate surface area is 274 Å². The van der Waals surface area contributed by atoms with Gasteiger partial charge in [-0.1, -0.05) is 13.3 Å². The monoisotopic (exact) mass is 701 g/mol. The van der Waals surface area contributed by atoms with Crippen LogP contribution in [-0.4, -0.2) is 206 Å². The molecule has 12 N–H and O–H groups in total. The van der Waals surface area contributed by atoms with E-state index in [2.05, 4.69) is 0 Å². The summed E-state index contributed by atoms with van der Waals surface area (Å²) >= 11 is 0. The number of hydrogen-bond acceptors (Lipinski definition) is 20. The van der Waals surface area contributed by atoms with E-state index in [1.54, 1.807) is 0 Å². The Bertz CT molecular complexity index is 1080. The zero-order valence-electron chi connectivity index (χ0n) is 26.0. The van der Waals surface area contributed by atoms with Gasteiger partial charge in [-0.3, -0.25) is 0 Å². The molecule has 0 saturated carbocycles. The maximum absolute atomic E-state index is 11.3. The van der Waals surface area contributed by atoms with Gasteiger partial charge in [0.2, 0.25) is 5.79 Å². The fourth-order valence-corrected chi connectivity index (χ4v) is 7.30. The molecule has 6 saturated heterocycles. The molecule has 278 valence electrons. The summed E-state index contributed by atoms with van der Waals surface area (Å²) in [5.74, 6) is -2.17. The largest absolute Gasteiger partial charge is 0.394 e. The average Bonchev–Trinajstić information content (AvgIpc) is 3.55. The molecule has 1 unspecified atom stereocenters. The number of hydrogen-bond donors (Lipinski definition) is 11. The van der Waals surface area contributed by atoms with Gasteiger partial charge in [0.15, 0.2) is 18.9 Å². The van der Waals surface area contributed by atoms with Crippen molar-refractivity contribution in [1.82, 2.24) is 0 Å². The topological polar surface area (TPSA) is 311 Å². The van der Waals surface area contributed by atoms with Crippen LogP contribution in [0.2, 0.25) is 0 Å². The van der Waals surface area contributed by atoms with E-state index in [0.717, 1.165) is 0 Å². The molecule has 0 spiro atoms. The minimum absolute atomic E-state index is 0.0285. The molecular weight excluding hydrogens is 654 g/mol. The number of nitrogens with two attached hydrogens (primary N) is 1. The number of aliphatic hydroxyl groups is 10. The maximum atomic E-state index is 11.3. The second-order valence-electron chi connectivity index (χ2n) is 13.1. The van der Waals surface area contributed by atoms with Crippen molar-refractivity contribution in [2.45, 2.75) is 148 Å². The number of aliphatic hydroxyl groups excluding tert-OH is 10. The van der Waals surface area contributed by atoms with E-state index >= 15 is 0 Å². The van der Waals surface area contributed by atoms with E-state index in [4.69, 9.17) is 48.4 Å². The SMILES string of the molecule is CCCC(N)[C@@]1(O[C@@H]2[C@H]3OC[C@@H]2O[C@@H](O[C@@H]2[C@@H](O)[C@H](O[C@@H]4[C@H]5OC[C@@H]4O[C@@H](O)[C@H]5O)O[C@H](CO)[C@H]2O)[C@H]3O)O[C@H](CO)[C@H](O)[C@H](O)[C@H]1O. The van der Waals surface area contributed by atoms with Gasteiger partial charge in [-0.05, 0) is 6.42 Å². The van der Waals surface area contributed by atoms with Crippen molar-refractivity contribution in [3.8, 4) is 0 Å². The third kappa shape index (κ3) is 6.32. The van der Waals surface area contributed by atoms with Crippen molar-refractivity contribution in [3.05, 3.63) is 0 Å². The van der Waals surface area contributed by atoms with E-state index in [1.807, 2.05) is 6.92 Å². The molecule has 0 aromatic rings. The molecule has 0 amide bonds. The van der Waals surface area contributed by atoms with Crippen LogP contribution < -0.4 is 5.73 Å². The summed E-state index contributed by atoms with van der Waals surface area (Å²) < 4.78 is 52.0. The highest BCUT2D eigenvalue weighted by molar-refractivity contribution is 5.06. The molecule has 0 aliphatic carbocycles. The van der Waals surface area contributed by atoms with Gasteiger partial charge in [-0.2, -0.15) is 0 Å². The molecule has 48 heavy (non-hydrogen) atoms. The van der Waals surface area contributed by atoms with Gasteiger partial charge in [0.1, 0.15) is 97.7 Å². The summed E-state index contributed by atoms with van der Waals surface area (Å²) in [4.78, 5) is 0. The smallest absolute Gasteiger partial charge is 0.213 e. The zero-order valence-corrected chi connectivity index (χ0v) is 26.0. The van der Waals surface area contributed by atoms with E-state index in [1.165, 1.54) is 0 Å². The van der Waals surface area contributed by atoms with Crippen molar-refractivity contribution in [1.29, 1.82) is 0 Å². The van der Waals surface area contributed by atoms with Crippen LogP contribution in [0, 0.1) is 0 Å². The van der Waals surface area contributed by atoms with Crippen molar-refractivity contribution in [3.63, 3.8) is 0 Å². The first-order valence-corrected chi connectivity index (χ1v) is 16.1. The summed E-state index contributed by atoms with van der Waals surface area (Å²) in [5, 5.41) is 106. The number of fused-ring (bicyclic) bond motifs is 4. The molecule has 0 aromatic heterocycles. The molecule has 20 heteroatoms. The Kier molecular flexibility index (Phi) is 11.3. The predicted octanol–water partition coefficient (Wildman–Crippen LogP) is -7.16. The van der Waals surface area contributed by atoms with Crippen LogP contribution in [0.25, 0.3) is 0 Å². The molecule has 4 bridgehead atoms. The van der Waals surface area contributed by atoms with E-state index in [9.17, 15) is 51.1 Å². The molecule has 0 radical (unpaired) electrons. The quantitative estimate of drug-likeness (QED) is 0.0953. The van der Waals surface area contributed by atoms with E-state index in [0.29, 0.717) is 6.42 Å². The van der Waals surface area contributed by atoms with Crippen LogP contribution in [0.4, 0.5) is 0 Å². The van der Waals surface area contributed by atoms with Gasteiger partial charge in [0.05, 0.1) is 32.5 Å². The third-order valence-electron chi connectivity index (χ3n) is 9.98. The van der Waals surface area contributed by atoms with Crippen molar-refractivity contribution >= 4 is 0 Å². The van der Waals surface area contributed by atoms with Gasteiger partial charge >= 0.3 is 0 Å². The lowest BCUT2D eigenvalue weighted by Crippen LogP contribution is -2.74. The molecule has 6 aliphatic rings. The minimum Gasteiger partial charge on any atom is -0.394 e. The second kappa shape index (κ2) is 14.7. The van der Waals surface area contributed by atoms with Crippen LogP contribution in [-0.2, 0) is 42.6 Å². The van der Waals surface area contributed by atoms with Crippen LogP contribution >= 0.6 is 0 Å². The molecule has 6 rings (SSSR count). The highest BCUT2D eigenvalue weighted by Crippen LogP contribution is 2.42. The molecular formula is C28H47NO19. The van der Waals surface area contributed by atoms with Crippen LogP contribution in [0.5, 0.6) is 0 Å². The molecule has 20 nitrogen and oxygen atoms in total. The number of ether oxygens (including phenoxy) is 9. The van der Waals surface area contributed by atoms with Gasteiger partial charge in [0, 0.05) is 0 Å². The summed E-state index contributed by atoms with van der Waals surface area (Å²) in [6, 6.07) is -1.08. The third-order valence-corrected chi connectivity index (χ3v) is 9.98. The molecule has 6 fully saturated rings.